The van der Waals surface area contributed by atoms with Gasteiger partial charge in [-0.2, -0.15) is 0 Å². The van der Waals surface area contributed by atoms with E-state index in [1.807, 2.05) is 0 Å². The highest BCUT2D eigenvalue weighted by Gasteiger charge is 2.32. The zero-order valence-electron chi connectivity index (χ0n) is 7.12. The van der Waals surface area contributed by atoms with Gasteiger partial charge >= 0.3 is 0 Å². The van der Waals surface area contributed by atoms with E-state index in [0.717, 1.165) is 0 Å². The molecule has 0 saturated carbocycles. The Morgan fingerprint density at radius 2 is 2.08 bits per heavy atom. The van der Waals surface area contributed by atoms with Crippen molar-refractivity contribution in [2.45, 2.75) is 25.3 Å². The molecule has 1 aliphatic heterocycles. The predicted octanol–water partition coefficient (Wildman–Crippen LogP) is 0.404. The first-order valence-corrected chi connectivity index (χ1v) is 5.97. The first-order chi connectivity index (χ1) is 5.91. The van der Waals surface area contributed by atoms with Crippen LogP contribution in [0, 0.1) is 5.92 Å². The maximum Gasteiger partial charge on any atom is 0.239 e. The monoisotopic (exact) mass is 213 g/mol. The van der Waals surface area contributed by atoms with Crippen molar-refractivity contribution in [1.29, 1.82) is 0 Å². The maximum atomic E-state index is 12.0. The van der Waals surface area contributed by atoms with Gasteiger partial charge in [-0.15, -0.1) is 0 Å². The Kier molecular flexibility index (Phi) is 3.23. The topological polar surface area (TPSA) is 60.2 Å². The molecule has 0 bridgehead atoms. The Morgan fingerprint density at radius 3 is 2.62 bits per heavy atom. The summed E-state index contributed by atoms with van der Waals surface area (Å²) in [6.07, 6.45) is -2.57. The molecule has 2 unspecified atom stereocenters. The molecule has 0 aromatic carbocycles. The highest BCUT2D eigenvalue weighted by molar-refractivity contribution is 7.91. The van der Waals surface area contributed by atoms with Crippen molar-refractivity contribution in [2.24, 2.45) is 11.7 Å². The Morgan fingerprint density at radius 1 is 1.46 bits per heavy atom. The summed E-state index contributed by atoms with van der Waals surface area (Å²) in [5.74, 6) is -0.717. The third-order valence-corrected chi connectivity index (χ3v) is 4.11. The molecule has 2 atom stereocenters. The molecule has 6 heteroatoms. The summed E-state index contributed by atoms with van der Waals surface area (Å²) < 4.78 is 46.2. The maximum absolute atomic E-state index is 12.0. The quantitative estimate of drug-likeness (QED) is 0.722. The van der Waals surface area contributed by atoms with Gasteiger partial charge in [0.1, 0.15) is 0 Å². The molecule has 78 valence electrons. The van der Waals surface area contributed by atoms with Crippen LogP contribution >= 0.6 is 0 Å². The molecule has 0 aliphatic carbocycles. The number of halogens is 2. The van der Waals surface area contributed by atoms with Crippen molar-refractivity contribution < 1.29 is 17.2 Å². The van der Waals surface area contributed by atoms with Crippen molar-refractivity contribution in [3.63, 3.8) is 0 Å². The fourth-order valence-corrected chi connectivity index (χ4v) is 3.39. The summed E-state index contributed by atoms with van der Waals surface area (Å²) in [6.45, 7) is 0. The average molecular weight is 213 g/mol. The van der Waals surface area contributed by atoms with Gasteiger partial charge in [-0.05, 0) is 12.3 Å². The van der Waals surface area contributed by atoms with Gasteiger partial charge in [0, 0.05) is 12.5 Å². The summed E-state index contributed by atoms with van der Waals surface area (Å²) in [6, 6.07) is -0.391. The summed E-state index contributed by atoms with van der Waals surface area (Å²) in [5.41, 5.74) is 5.55. The van der Waals surface area contributed by atoms with Crippen LogP contribution in [-0.2, 0) is 9.84 Å². The Balaban J connectivity index is 2.61. The van der Waals surface area contributed by atoms with Gasteiger partial charge in [-0.1, -0.05) is 0 Å². The minimum absolute atomic E-state index is 0.0356. The van der Waals surface area contributed by atoms with Crippen molar-refractivity contribution in [2.75, 3.05) is 11.5 Å². The Hall–Kier alpha value is -0.230. The van der Waals surface area contributed by atoms with Gasteiger partial charge in [0.15, 0.2) is 9.84 Å². The number of hydrogen-bond donors (Lipinski definition) is 1. The Bertz CT molecular complexity index is 266. The smallest absolute Gasteiger partial charge is 0.239 e. The van der Waals surface area contributed by atoms with Crippen LogP contribution in [0.15, 0.2) is 0 Å². The van der Waals surface area contributed by atoms with Gasteiger partial charge in [-0.3, -0.25) is 0 Å². The van der Waals surface area contributed by atoms with Crippen LogP contribution in [0.25, 0.3) is 0 Å². The molecule has 13 heavy (non-hydrogen) atoms. The van der Waals surface area contributed by atoms with Crippen LogP contribution in [-0.4, -0.2) is 32.4 Å². The van der Waals surface area contributed by atoms with E-state index in [1.54, 1.807) is 0 Å². The first kappa shape index (κ1) is 10.8. The largest absolute Gasteiger partial charge is 0.327 e. The van der Waals surface area contributed by atoms with E-state index >= 15 is 0 Å². The minimum atomic E-state index is -3.12. The molecule has 2 N–H and O–H groups in total. The van der Waals surface area contributed by atoms with Gasteiger partial charge in [0.25, 0.3) is 0 Å². The van der Waals surface area contributed by atoms with Crippen molar-refractivity contribution >= 4 is 9.84 Å². The van der Waals surface area contributed by atoms with E-state index in [0.29, 0.717) is 6.42 Å². The fraction of sp³-hybridized carbons (Fsp3) is 1.00. The van der Waals surface area contributed by atoms with Crippen LogP contribution in [0.5, 0.6) is 0 Å². The summed E-state index contributed by atoms with van der Waals surface area (Å²) >= 11 is 0. The van der Waals surface area contributed by atoms with Crippen LogP contribution < -0.4 is 5.73 Å². The molecular weight excluding hydrogens is 200 g/mol. The zero-order chi connectivity index (χ0) is 10.1. The summed E-state index contributed by atoms with van der Waals surface area (Å²) in [5, 5.41) is 0. The highest BCUT2D eigenvalue weighted by atomic mass is 32.2. The Labute approximate surface area is 76.2 Å². The number of alkyl halides is 2. The molecular formula is C7H13F2NO2S. The zero-order valence-corrected chi connectivity index (χ0v) is 7.93. The average Bonchev–Trinajstić information content (AvgIpc) is 1.95. The minimum Gasteiger partial charge on any atom is -0.327 e. The third kappa shape index (κ3) is 3.19. The van der Waals surface area contributed by atoms with Gasteiger partial charge in [0.05, 0.1) is 11.5 Å². The van der Waals surface area contributed by atoms with E-state index in [2.05, 4.69) is 0 Å². The molecule has 1 rings (SSSR count). The van der Waals surface area contributed by atoms with Crippen LogP contribution in [0.3, 0.4) is 0 Å². The van der Waals surface area contributed by atoms with Gasteiger partial charge in [-0.25, -0.2) is 17.2 Å². The normalized spacial score (nSPS) is 33.5. The molecule has 3 nitrogen and oxygen atoms in total. The fourth-order valence-electron chi connectivity index (χ4n) is 1.56. The number of hydrogen-bond acceptors (Lipinski definition) is 3. The molecule has 1 fully saturated rings. The van der Waals surface area contributed by atoms with Crippen molar-refractivity contribution in [1.82, 2.24) is 0 Å². The molecule has 0 radical (unpaired) electrons. The van der Waals surface area contributed by atoms with Gasteiger partial charge < -0.3 is 5.73 Å². The molecule has 1 aliphatic rings. The molecule has 0 aromatic heterocycles. The number of sulfone groups is 1. The first-order valence-electron chi connectivity index (χ1n) is 4.15. The SMILES string of the molecule is NC1CCS(=O)(=O)CC1CC(F)F. The number of rotatable bonds is 2. The standard InChI is InChI=1S/C7H13F2NO2S/c8-7(9)3-5-4-13(11,12)2-1-6(5)10/h5-7H,1-4,10H2. The predicted molar refractivity (Wildman–Crippen MR) is 45.4 cm³/mol. The van der Waals surface area contributed by atoms with Crippen LogP contribution in [0.4, 0.5) is 8.78 Å². The van der Waals surface area contributed by atoms with Crippen LogP contribution in [0.1, 0.15) is 12.8 Å². The molecule has 0 aromatic rings. The van der Waals surface area contributed by atoms with Crippen LogP contribution in [0.2, 0.25) is 0 Å². The molecule has 1 heterocycles. The van der Waals surface area contributed by atoms with E-state index in [4.69, 9.17) is 5.73 Å². The number of nitrogens with two attached hydrogens (primary N) is 1. The second kappa shape index (κ2) is 3.88. The van der Waals surface area contributed by atoms with Crippen molar-refractivity contribution in [3.05, 3.63) is 0 Å². The second-order valence-corrected chi connectivity index (χ2v) is 5.68. The summed E-state index contributed by atoms with van der Waals surface area (Å²) in [7, 11) is -3.12. The van der Waals surface area contributed by atoms with E-state index in [1.165, 1.54) is 0 Å². The van der Waals surface area contributed by atoms with Gasteiger partial charge in [0.2, 0.25) is 6.43 Å². The van der Waals surface area contributed by atoms with E-state index in [9.17, 15) is 17.2 Å². The molecule has 1 saturated heterocycles. The lowest BCUT2D eigenvalue weighted by Crippen LogP contribution is -2.42. The lowest BCUT2D eigenvalue weighted by molar-refractivity contribution is 0.111. The van der Waals surface area contributed by atoms with E-state index in [-0.39, 0.29) is 11.5 Å². The second-order valence-electron chi connectivity index (χ2n) is 3.45. The van der Waals surface area contributed by atoms with E-state index < -0.39 is 34.6 Å². The third-order valence-electron chi connectivity index (χ3n) is 2.32. The lowest BCUT2D eigenvalue weighted by atomic mass is 9.97. The summed E-state index contributed by atoms with van der Waals surface area (Å²) in [4.78, 5) is 0. The molecule has 0 amide bonds. The highest BCUT2D eigenvalue weighted by Crippen LogP contribution is 2.23. The van der Waals surface area contributed by atoms with Crippen molar-refractivity contribution in [3.8, 4) is 0 Å². The lowest BCUT2D eigenvalue weighted by Gasteiger charge is -2.27. The molecule has 0 spiro atoms.